The standard InChI is InChI=1S/C14H23NO2/c1-5-11-6-8-12(9-7-11)10-15-13(16)17-14(2,3)4/h1,11-12H,6-10H2,2-4H3,(H,15,16)/t11-,12-. The molecular weight excluding hydrogens is 214 g/mol. The van der Waals surface area contributed by atoms with Crippen LogP contribution >= 0.6 is 0 Å². The van der Waals surface area contributed by atoms with Crippen molar-refractivity contribution in [3.63, 3.8) is 0 Å². The van der Waals surface area contributed by atoms with E-state index >= 15 is 0 Å². The van der Waals surface area contributed by atoms with Crippen LogP contribution in [0.3, 0.4) is 0 Å². The number of rotatable bonds is 2. The Morgan fingerprint density at radius 2 is 1.94 bits per heavy atom. The van der Waals surface area contributed by atoms with E-state index in [0.717, 1.165) is 25.7 Å². The summed E-state index contributed by atoms with van der Waals surface area (Å²) in [5, 5.41) is 2.83. The van der Waals surface area contributed by atoms with E-state index in [0.29, 0.717) is 18.4 Å². The molecule has 0 heterocycles. The monoisotopic (exact) mass is 237 g/mol. The van der Waals surface area contributed by atoms with Gasteiger partial charge in [0.1, 0.15) is 5.60 Å². The molecule has 0 unspecified atom stereocenters. The second-order valence-electron chi connectivity index (χ2n) is 5.77. The zero-order valence-corrected chi connectivity index (χ0v) is 11.1. The van der Waals surface area contributed by atoms with E-state index in [1.807, 2.05) is 20.8 Å². The highest BCUT2D eigenvalue weighted by Crippen LogP contribution is 2.27. The topological polar surface area (TPSA) is 38.3 Å². The summed E-state index contributed by atoms with van der Waals surface area (Å²) < 4.78 is 5.19. The zero-order chi connectivity index (χ0) is 12.9. The molecule has 17 heavy (non-hydrogen) atoms. The van der Waals surface area contributed by atoms with E-state index in [9.17, 15) is 4.79 Å². The summed E-state index contributed by atoms with van der Waals surface area (Å²) in [6.45, 7) is 6.30. The molecular formula is C14H23NO2. The number of terminal acetylenes is 1. The fourth-order valence-electron chi connectivity index (χ4n) is 2.08. The molecule has 1 amide bonds. The molecule has 96 valence electrons. The first-order chi connectivity index (χ1) is 7.90. The van der Waals surface area contributed by atoms with Crippen LogP contribution < -0.4 is 5.32 Å². The van der Waals surface area contributed by atoms with Crippen LogP contribution in [0.5, 0.6) is 0 Å². The van der Waals surface area contributed by atoms with Crippen molar-refractivity contribution < 1.29 is 9.53 Å². The van der Waals surface area contributed by atoms with Crippen LogP contribution in [-0.2, 0) is 4.74 Å². The van der Waals surface area contributed by atoms with E-state index in [4.69, 9.17) is 11.2 Å². The second-order valence-corrected chi connectivity index (χ2v) is 5.77. The number of carbonyl (C=O) groups excluding carboxylic acids is 1. The van der Waals surface area contributed by atoms with Gasteiger partial charge in [-0.3, -0.25) is 0 Å². The summed E-state index contributed by atoms with van der Waals surface area (Å²) in [6, 6.07) is 0. The van der Waals surface area contributed by atoms with Crippen LogP contribution in [0.25, 0.3) is 0 Å². The number of hydrogen-bond acceptors (Lipinski definition) is 2. The molecule has 0 spiro atoms. The van der Waals surface area contributed by atoms with Crippen LogP contribution in [0.1, 0.15) is 46.5 Å². The fraction of sp³-hybridized carbons (Fsp3) is 0.786. The Morgan fingerprint density at radius 3 is 2.41 bits per heavy atom. The van der Waals surface area contributed by atoms with Gasteiger partial charge < -0.3 is 10.1 Å². The zero-order valence-electron chi connectivity index (χ0n) is 11.1. The lowest BCUT2D eigenvalue weighted by Crippen LogP contribution is -2.36. The van der Waals surface area contributed by atoms with Crippen molar-refractivity contribution in [2.75, 3.05) is 6.54 Å². The number of alkyl carbamates (subject to hydrolysis) is 1. The largest absolute Gasteiger partial charge is 0.444 e. The molecule has 1 fully saturated rings. The van der Waals surface area contributed by atoms with Gasteiger partial charge in [-0.05, 0) is 52.4 Å². The van der Waals surface area contributed by atoms with Crippen molar-refractivity contribution >= 4 is 6.09 Å². The van der Waals surface area contributed by atoms with Crippen LogP contribution in [0.4, 0.5) is 4.79 Å². The fourth-order valence-corrected chi connectivity index (χ4v) is 2.08. The van der Waals surface area contributed by atoms with Gasteiger partial charge in [0.2, 0.25) is 0 Å². The Morgan fingerprint density at radius 1 is 1.35 bits per heavy atom. The Balaban J connectivity index is 2.20. The highest BCUT2D eigenvalue weighted by Gasteiger charge is 2.21. The van der Waals surface area contributed by atoms with Crippen LogP contribution in [0, 0.1) is 24.2 Å². The normalized spacial score (nSPS) is 24.8. The molecule has 0 aromatic rings. The first kappa shape index (κ1) is 13.9. The highest BCUT2D eigenvalue weighted by atomic mass is 16.6. The maximum Gasteiger partial charge on any atom is 0.407 e. The molecule has 0 bridgehead atoms. The molecule has 0 aromatic carbocycles. The quantitative estimate of drug-likeness (QED) is 0.750. The SMILES string of the molecule is C#C[C@H]1CC[C@H](CNC(=O)OC(C)(C)C)CC1. The highest BCUT2D eigenvalue weighted by molar-refractivity contribution is 5.67. The van der Waals surface area contributed by atoms with Gasteiger partial charge in [0.05, 0.1) is 0 Å². The minimum Gasteiger partial charge on any atom is -0.444 e. The number of carbonyl (C=O) groups is 1. The lowest BCUT2D eigenvalue weighted by Gasteiger charge is -2.26. The first-order valence-corrected chi connectivity index (χ1v) is 6.33. The molecule has 1 aliphatic carbocycles. The molecule has 1 aliphatic rings. The summed E-state index contributed by atoms with van der Waals surface area (Å²) in [7, 11) is 0. The minimum atomic E-state index is -0.425. The van der Waals surface area contributed by atoms with Gasteiger partial charge in [-0.1, -0.05) is 0 Å². The minimum absolute atomic E-state index is 0.323. The molecule has 1 rings (SSSR count). The molecule has 0 aliphatic heterocycles. The van der Waals surface area contributed by atoms with Gasteiger partial charge in [0.15, 0.2) is 0 Å². The third kappa shape index (κ3) is 5.63. The number of hydrogen-bond donors (Lipinski definition) is 1. The van der Waals surface area contributed by atoms with Crippen molar-refractivity contribution in [2.45, 2.75) is 52.1 Å². The molecule has 0 saturated heterocycles. The average molecular weight is 237 g/mol. The van der Waals surface area contributed by atoms with Crippen LogP contribution in [0.15, 0.2) is 0 Å². The lowest BCUT2D eigenvalue weighted by molar-refractivity contribution is 0.0514. The van der Waals surface area contributed by atoms with Crippen LogP contribution in [-0.4, -0.2) is 18.2 Å². The lowest BCUT2D eigenvalue weighted by atomic mass is 9.82. The molecule has 0 radical (unpaired) electrons. The smallest absolute Gasteiger partial charge is 0.407 e. The number of nitrogens with one attached hydrogen (secondary N) is 1. The third-order valence-corrected chi connectivity index (χ3v) is 3.02. The Bertz CT molecular complexity index is 290. The van der Waals surface area contributed by atoms with Crippen molar-refractivity contribution in [1.29, 1.82) is 0 Å². The predicted molar refractivity (Wildman–Crippen MR) is 68.5 cm³/mol. The van der Waals surface area contributed by atoms with Gasteiger partial charge in [-0.2, -0.15) is 0 Å². The summed E-state index contributed by atoms with van der Waals surface area (Å²) in [5.74, 6) is 3.79. The van der Waals surface area contributed by atoms with Gasteiger partial charge >= 0.3 is 6.09 Å². The van der Waals surface area contributed by atoms with E-state index in [1.54, 1.807) is 0 Å². The molecule has 0 aromatic heterocycles. The average Bonchev–Trinajstić information content (AvgIpc) is 2.25. The van der Waals surface area contributed by atoms with Gasteiger partial charge in [-0.15, -0.1) is 12.3 Å². The van der Waals surface area contributed by atoms with E-state index in [2.05, 4.69) is 11.2 Å². The molecule has 1 N–H and O–H groups in total. The van der Waals surface area contributed by atoms with Crippen LogP contribution in [0.2, 0.25) is 0 Å². The third-order valence-electron chi connectivity index (χ3n) is 3.02. The summed E-state index contributed by atoms with van der Waals surface area (Å²) in [5.41, 5.74) is -0.425. The van der Waals surface area contributed by atoms with E-state index in [-0.39, 0.29) is 6.09 Å². The molecule has 3 heteroatoms. The molecule has 1 saturated carbocycles. The van der Waals surface area contributed by atoms with Crippen molar-refractivity contribution in [3.8, 4) is 12.3 Å². The summed E-state index contributed by atoms with van der Waals surface area (Å²) in [6.07, 6.45) is 9.44. The molecule has 3 nitrogen and oxygen atoms in total. The van der Waals surface area contributed by atoms with Crippen molar-refractivity contribution in [2.24, 2.45) is 11.8 Å². The first-order valence-electron chi connectivity index (χ1n) is 6.33. The summed E-state index contributed by atoms with van der Waals surface area (Å²) in [4.78, 5) is 11.5. The van der Waals surface area contributed by atoms with Crippen molar-refractivity contribution in [1.82, 2.24) is 5.32 Å². The van der Waals surface area contributed by atoms with Gasteiger partial charge in [0, 0.05) is 12.5 Å². The molecule has 0 atom stereocenters. The van der Waals surface area contributed by atoms with Gasteiger partial charge in [0.25, 0.3) is 0 Å². The number of amides is 1. The predicted octanol–water partition coefficient (Wildman–Crippen LogP) is 2.95. The Hall–Kier alpha value is -1.17. The van der Waals surface area contributed by atoms with E-state index in [1.165, 1.54) is 0 Å². The number of ether oxygens (including phenoxy) is 1. The summed E-state index contributed by atoms with van der Waals surface area (Å²) >= 11 is 0. The Labute approximate surface area is 104 Å². The maximum absolute atomic E-state index is 11.5. The Kier molecular flexibility index (Phi) is 4.86. The van der Waals surface area contributed by atoms with Gasteiger partial charge in [-0.25, -0.2) is 4.79 Å². The van der Waals surface area contributed by atoms with E-state index < -0.39 is 5.60 Å². The second kappa shape index (κ2) is 5.95. The maximum atomic E-state index is 11.5. The van der Waals surface area contributed by atoms with Crippen molar-refractivity contribution in [3.05, 3.63) is 0 Å².